The van der Waals surface area contributed by atoms with Crippen molar-refractivity contribution in [1.82, 2.24) is 14.8 Å². The van der Waals surface area contributed by atoms with E-state index in [0.29, 0.717) is 11.7 Å². The number of Topliss-reactive ketones (excluding diaryl/α,β-unsaturated/α-hetero) is 1. The highest BCUT2D eigenvalue weighted by atomic mass is 32.2. The average molecular weight is 390 g/mol. The lowest BCUT2D eigenvalue weighted by molar-refractivity contribution is -0.116. The molecule has 1 saturated carbocycles. The Labute approximate surface area is 151 Å². The summed E-state index contributed by atoms with van der Waals surface area (Å²) < 4.78 is 29.4. The van der Waals surface area contributed by atoms with Gasteiger partial charge >= 0.3 is 0 Å². The number of likely N-dealkylation sites (N-methyl/N-ethyl adjacent to an activating group) is 1. The number of oxazole rings is 1. The third-order valence-electron chi connectivity index (χ3n) is 3.48. The number of hydrogen-bond donors (Lipinski definition) is 0. The summed E-state index contributed by atoms with van der Waals surface area (Å²) >= 11 is 10.4. The summed E-state index contributed by atoms with van der Waals surface area (Å²) in [6.45, 7) is 0.00479. The van der Waals surface area contributed by atoms with Crippen molar-refractivity contribution in [1.29, 1.82) is 0 Å². The maximum atomic E-state index is 12.2. The van der Waals surface area contributed by atoms with Crippen molar-refractivity contribution in [3.05, 3.63) is 18.4 Å². The van der Waals surface area contributed by atoms with Gasteiger partial charge in [-0.3, -0.25) is 4.79 Å². The second-order valence-corrected chi connectivity index (χ2v) is 8.73. The first kappa shape index (κ1) is 18.9. The number of hydrogen-bond acceptors (Lipinski definition) is 7. The molecule has 0 unspecified atom stereocenters. The SMILES string of the molecule is CN(CS(=O)(=O)CC(=O)CN(C)C(=S)C1CC1)C(=S)c1cnco1. The van der Waals surface area contributed by atoms with Gasteiger partial charge in [-0.1, -0.05) is 24.4 Å². The van der Waals surface area contributed by atoms with Crippen LogP contribution in [0.25, 0.3) is 0 Å². The van der Waals surface area contributed by atoms with Crippen LogP contribution in [0.3, 0.4) is 0 Å². The quantitative estimate of drug-likeness (QED) is 0.602. The van der Waals surface area contributed by atoms with Crippen LogP contribution in [0.4, 0.5) is 0 Å². The zero-order valence-corrected chi connectivity index (χ0v) is 15.9. The maximum Gasteiger partial charge on any atom is 0.181 e. The number of thiocarbonyl (C=S) groups is 2. The largest absolute Gasteiger partial charge is 0.441 e. The molecule has 0 amide bonds. The van der Waals surface area contributed by atoms with Crippen LogP contribution in [0.5, 0.6) is 0 Å². The molecule has 1 aliphatic carbocycles. The molecule has 1 aromatic heterocycles. The third-order valence-corrected chi connectivity index (χ3v) is 6.18. The minimum atomic E-state index is -3.64. The smallest absolute Gasteiger partial charge is 0.181 e. The van der Waals surface area contributed by atoms with E-state index >= 15 is 0 Å². The highest BCUT2D eigenvalue weighted by Gasteiger charge is 2.30. The zero-order valence-electron chi connectivity index (χ0n) is 13.5. The minimum absolute atomic E-state index is 0.00479. The molecular weight excluding hydrogens is 370 g/mol. The molecule has 1 aliphatic rings. The average Bonchev–Trinajstić information content (AvgIpc) is 3.18. The molecule has 10 heteroatoms. The fourth-order valence-electron chi connectivity index (χ4n) is 2.18. The fourth-order valence-corrected chi connectivity index (χ4v) is 4.12. The Kier molecular flexibility index (Phi) is 6.05. The molecule has 2 rings (SSSR count). The minimum Gasteiger partial charge on any atom is -0.441 e. The zero-order chi connectivity index (χ0) is 17.9. The Balaban J connectivity index is 1.86. The highest BCUT2D eigenvalue weighted by molar-refractivity contribution is 7.92. The monoisotopic (exact) mass is 389 g/mol. The standard InChI is InChI=1S/C14H19N3O4S3/c1-16(13(22)10-3-4-10)6-11(18)7-24(19,20)9-17(2)14(23)12-5-15-8-21-12/h5,8,10H,3-4,6-7,9H2,1-2H3. The van der Waals surface area contributed by atoms with Crippen molar-refractivity contribution < 1.29 is 17.6 Å². The van der Waals surface area contributed by atoms with E-state index in [9.17, 15) is 13.2 Å². The lowest BCUT2D eigenvalue weighted by Crippen LogP contribution is -2.38. The van der Waals surface area contributed by atoms with Gasteiger partial charge in [0.2, 0.25) is 0 Å². The van der Waals surface area contributed by atoms with E-state index in [2.05, 4.69) is 4.98 Å². The van der Waals surface area contributed by atoms with Crippen LogP contribution in [-0.2, 0) is 14.6 Å². The summed E-state index contributed by atoms with van der Waals surface area (Å²) in [6.07, 6.45) is 4.70. The van der Waals surface area contributed by atoms with E-state index in [1.807, 2.05) is 0 Å². The maximum absolute atomic E-state index is 12.2. The van der Waals surface area contributed by atoms with E-state index in [1.54, 1.807) is 11.9 Å². The molecule has 0 N–H and O–H groups in total. The second-order valence-electron chi connectivity index (χ2n) is 5.89. The van der Waals surface area contributed by atoms with Gasteiger partial charge in [0.05, 0.1) is 17.7 Å². The van der Waals surface area contributed by atoms with Crippen molar-refractivity contribution in [2.75, 3.05) is 32.3 Å². The fraction of sp³-hybridized carbons (Fsp3) is 0.571. The van der Waals surface area contributed by atoms with Gasteiger partial charge in [-0.25, -0.2) is 13.4 Å². The number of carbonyl (C=O) groups excluding carboxylic acids is 1. The molecule has 0 aromatic carbocycles. The molecule has 1 fully saturated rings. The van der Waals surface area contributed by atoms with Crippen LogP contribution in [0, 0.1) is 5.92 Å². The van der Waals surface area contributed by atoms with Crippen LogP contribution in [-0.4, -0.2) is 71.2 Å². The third kappa shape index (κ3) is 5.32. The van der Waals surface area contributed by atoms with Crippen molar-refractivity contribution in [2.24, 2.45) is 5.92 Å². The number of ketones is 1. The molecular formula is C14H19N3O4S3. The van der Waals surface area contributed by atoms with E-state index in [4.69, 9.17) is 28.9 Å². The molecule has 0 saturated heterocycles. The number of sulfone groups is 1. The molecule has 0 aliphatic heterocycles. The molecule has 1 aromatic rings. The van der Waals surface area contributed by atoms with Gasteiger partial charge in [-0.05, 0) is 12.8 Å². The topological polar surface area (TPSA) is 83.7 Å². The van der Waals surface area contributed by atoms with Crippen molar-refractivity contribution in [3.63, 3.8) is 0 Å². The number of nitrogens with zero attached hydrogens (tertiary/aromatic N) is 3. The predicted octanol–water partition coefficient (Wildman–Crippen LogP) is 0.893. The number of aromatic nitrogens is 1. The van der Waals surface area contributed by atoms with Gasteiger partial charge in [-0.2, -0.15) is 0 Å². The first-order valence-corrected chi connectivity index (χ1v) is 9.94. The predicted molar refractivity (Wildman–Crippen MR) is 97.6 cm³/mol. The van der Waals surface area contributed by atoms with Crippen LogP contribution < -0.4 is 0 Å². The normalized spacial score (nSPS) is 14.2. The van der Waals surface area contributed by atoms with Gasteiger partial charge < -0.3 is 14.2 Å². The summed E-state index contributed by atoms with van der Waals surface area (Å²) in [4.78, 5) is 19.7. The molecule has 0 atom stereocenters. The van der Waals surface area contributed by atoms with E-state index in [0.717, 1.165) is 17.8 Å². The first-order valence-electron chi connectivity index (χ1n) is 7.30. The van der Waals surface area contributed by atoms with Gasteiger partial charge in [0.25, 0.3) is 0 Å². The van der Waals surface area contributed by atoms with Crippen molar-refractivity contribution >= 4 is 50.0 Å². The van der Waals surface area contributed by atoms with Gasteiger partial charge in [0, 0.05) is 20.0 Å². The summed E-state index contributed by atoms with van der Waals surface area (Å²) in [5, 5.41) is 0. The Morgan fingerprint density at radius 1 is 1.33 bits per heavy atom. The van der Waals surface area contributed by atoms with Crippen LogP contribution in [0.2, 0.25) is 0 Å². The van der Waals surface area contributed by atoms with Crippen LogP contribution in [0.15, 0.2) is 17.0 Å². The van der Waals surface area contributed by atoms with E-state index in [1.165, 1.54) is 24.5 Å². The lowest BCUT2D eigenvalue weighted by Gasteiger charge is -2.20. The number of rotatable bonds is 8. The molecule has 0 bridgehead atoms. The molecule has 1 heterocycles. The van der Waals surface area contributed by atoms with Gasteiger partial charge in [0.15, 0.2) is 27.8 Å². The summed E-state index contributed by atoms with van der Waals surface area (Å²) in [5.74, 6) is -0.633. The van der Waals surface area contributed by atoms with E-state index < -0.39 is 15.6 Å². The van der Waals surface area contributed by atoms with Crippen molar-refractivity contribution in [3.8, 4) is 0 Å². The Morgan fingerprint density at radius 3 is 2.54 bits per heavy atom. The Hall–Kier alpha value is -1.39. The van der Waals surface area contributed by atoms with Crippen molar-refractivity contribution in [2.45, 2.75) is 12.8 Å². The summed E-state index contributed by atoms with van der Waals surface area (Å²) in [7, 11) is -0.388. The van der Waals surface area contributed by atoms with Crippen LogP contribution >= 0.6 is 24.4 Å². The molecule has 0 radical (unpaired) electrons. The Morgan fingerprint density at radius 2 is 2.00 bits per heavy atom. The first-order chi connectivity index (χ1) is 11.2. The second kappa shape index (κ2) is 7.66. The molecule has 0 spiro atoms. The number of carbonyl (C=O) groups is 1. The molecule has 24 heavy (non-hydrogen) atoms. The van der Waals surface area contributed by atoms with E-state index in [-0.39, 0.29) is 23.2 Å². The summed E-state index contributed by atoms with van der Waals surface area (Å²) in [5.41, 5.74) is 0. The Bertz CT molecular complexity index is 726. The molecule has 7 nitrogen and oxygen atoms in total. The van der Waals surface area contributed by atoms with Crippen LogP contribution in [0.1, 0.15) is 18.6 Å². The lowest BCUT2D eigenvalue weighted by atomic mass is 10.3. The van der Waals surface area contributed by atoms with Gasteiger partial charge in [-0.15, -0.1) is 0 Å². The highest BCUT2D eigenvalue weighted by Crippen LogP contribution is 2.31. The van der Waals surface area contributed by atoms with Gasteiger partial charge in [0.1, 0.15) is 16.6 Å². The summed E-state index contributed by atoms with van der Waals surface area (Å²) in [6, 6.07) is 0. The molecule has 132 valence electrons.